The van der Waals surface area contributed by atoms with E-state index in [-0.39, 0.29) is 0 Å². The largest absolute Gasteiger partial charge is 0.200 e. The van der Waals surface area contributed by atoms with Gasteiger partial charge in [-0.25, -0.2) is 0 Å². The van der Waals surface area contributed by atoms with Gasteiger partial charge >= 0.3 is 0 Å². The maximum atomic E-state index is 2.56. The van der Waals surface area contributed by atoms with Crippen LogP contribution in [-0.4, -0.2) is 0 Å². The number of hydrogen-bond acceptors (Lipinski definition) is 0. The third-order valence-corrected chi connectivity index (χ3v) is 5.14. The third kappa shape index (κ3) is 4.56. The Kier molecular flexibility index (Phi) is 6.73. The molecule has 0 fully saturated rings. The summed E-state index contributed by atoms with van der Waals surface area (Å²) in [5.41, 5.74) is 6.27. The zero-order valence-electron chi connectivity index (χ0n) is 14.5. The van der Waals surface area contributed by atoms with Gasteiger partial charge in [0.1, 0.15) is 6.54 Å². The van der Waals surface area contributed by atoms with Gasteiger partial charge in [0.15, 0.2) is 11.4 Å². The molecule has 0 bridgehead atoms. The Morgan fingerprint density at radius 3 is 2.33 bits per heavy atom. The first-order valence-corrected chi connectivity index (χ1v) is 9.26. The van der Waals surface area contributed by atoms with Crippen LogP contribution in [0, 0.1) is 13.8 Å². The fraction of sp³-hybridized carbons (Fsp3) is 0.750. The standard InChI is InChI=1S/C20H34N/c1-4-5-6-7-8-9-10-11-14-20-17(2)16-19-13-12-15-21(19)18(20)3/h16H,4-15H2,1-3H3/q+1. The van der Waals surface area contributed by atoms with Crippen LogP contribution in [0.15, 0.2) is 6.07 Å². The topological polar surface area (TPSA) is 3.88 Å². The van der Waals surface area contributed by atoms with Gasteiger partial charge in [-0.05, 0) is 25.3 Å². The lowest BCUT2D eigenvalue weighted by Crippen LogP contribution is -2.38. The van der Waals surface area contributed by atoms with Crippen molar-refractivity contribution in [3.63, 3.8) is 0 Å². The SMILES string of the molecule is CCCCCCCCCCc1c(C)cc2[n+](c1C)CCC2. The highest BCUT2D eigenvalue weighted by molar-refractivity contribution is 5.28. The van der Waals surface area contributed by atoms with Crippen molar-refractivity contribution in [3.8, 4) is 0 Å². The van der Waals surface area contributed by atoms with Crippen LogP contribution < -0.4 is 4.57 Å². The van der Waals surface area contributed by atoms with E-state index in [4.69, 9.17) is 0 Å². The molecule has 0 aliphatic carbocycles. The molecule has 21 heavy (non-hydrogen) atoms. The fourth-order valence-corrected chi connectivity index (χ4v) is 3.83. The Labute approximate surface area is 131 Å². The van der Waals surface area contributed by atoms with Crippen molar-refractivity contribution in [2.75, 3.05) is 0 Å². The van der Waals surface area contributed by atoms with Crippen LogP contribution in [0.3, 0.4) is 0 Å². The van der Waals surface area contributed by atoms with Gasteiger partial charge in [-0.15, -0.1) is 0 Å². The van der Waals surface area contributed by atoms with E-state index in [0.29, 0.717) is 0 Å². The second-order valence-corrected chi connectivity index (χ2v) is 6.86. The number of fused-ring (bicyclic) bond motifs is 1. The summed E-state index contributed by atoms with van der Waals surface area (Å²) in [5.74, 6) is 0. The summed E-state index contributed by atoms with van der Waals surface area (Å²) in [6.45, 7) is 8.18. The highest BCUT2D eigenvalue weighted by atomic mass is 15.0. The molecule has 1 aromatic heterocycles. The zero-order chi connectivity index (χ0) is 15.1. The molecule has 2 rings (SSSR count). The first-order valence-electron chi connectivity index (χ1n) is 9.26. The van der Waals surface area contributed by atoms with E-state index in [1.807, 2.05) is 0 Å². The van der Waals surface area contributed by atoms with Gasteiger partial charge in [0.25, 0.3) is 0 Å². The lowest BCUT2D eigenvalue weighted by atomic mass is 9.99. The minimum atomic E-state index is 1.24. The lowest BCUT2D eigenvalue weighted by molar-refractivity contribution is -0.697. The van der Waals surface area contributed by atoms with Crippen molar-refractivity contribution < 1.29 is 4.57 Å². The smallest absolute Gasteiger partial charge is 0.182 e. The molecule has 1 heteroatoms. The van der Waals surface area contributed by atoms with Gasteiger partial charge in [-0.1, -0.05) is 51.9 Å². The van der Waals surface area contributed by atoms with Gasteiger partial charge in [0, 0.05) is 31.4 Å². The van der Waals surface area contributed by atoms with Gasteiger partial charge in [-0.3, -0.25) is 0 Å². The molecule has 118 valence electrons. The van der Waals surface area contributed by atoms with Crippen molar-refractivity contribution in [2.24, 2.45) is 0 Å². The van der Waals surface area contributed by atoms with E-state index >= 15 is 0 Å². The number of aromatic nitrogens is 1. The van der Waals surface area contributed by atoms with Crippen molar-refractivity contribution in [3.05, 3.63) is 28.6 Å². The maximum Gasteiger partial charge on any atom is 0.182 e. The van der Waals surface area contributed by atoms with Crippen LogP contribution in [-0.2, 0) is 19.4 Å². The summed E-state index contributed by atoms with van der Waals surface area (Å²) in [6, 6.07) is 2.44. The molecule has 1 nitrogen and oxygen atoms in total. The Balaban J connectivity index is 1.74. The molecular formula is C20H34N+. The van der Waals surface area contributed by atoms with Crippen molar-refractivity contribution in [1.29, 1.82) is 0 Å². The predicted molar refractivity (Wildman–Crippen MR) is 90.7 cm³/mol. The Morgan fingerprint density at radius 1 is 0.952 bits per heavy atom. The molecule has 0 saturated carbocycles. The maximum absolute atomic E-state index is 2.56. The highest BCUT2D eigenvalue weighted by Gasteiger charge is 2.24. The normalized spacial score (nSPS) is 13.7. The first kappa shape index (κ1) is 16.5. The summed E-state index contributed by atoms with van der Waals surface area (Å²) in [4.78, 5) is 0. The van der Waals surface area contributed by atoms with Gasteiger partial charge in [0.2, 0.25) is 0 Å². The van der Waals surface area contributed by atoms with Crippen molar-refractivity contribution in [2.45, 2.75) is 97.9 Å². The minimum Gasteiger partial charge on any atom is -0.200 e. The second kappa shape index (κ2) is 8.56. The van der Waals surface area contributed by atoms with Crippen molar-refractivity contribution >= 4 is 0 Å². The molecular weight excluding hydrogens is 254 g/mol. The zero-order valence-corrected chi connectivity index (χ0v) is 14.5. The van der Waals surface area contributed by atoms with E-state index in [2.05, 4.69) is 31.4 Å². The highest BCUT2D eigenvalue weighted by Crippen LogP contribution is 2.19. The number of aryl methyl sites for hydroxylation is 2. The van der Waals surface area contributed by atoms with E-state index < -0.39 is 0 Å². The van der Waals surface area contributed by atoms with Crippen LogP contribution >= 0.6 is 0 Å². The molecule has 0 unspecified atom stereocenters. The average molecular weight is 288 g/mol. The van der Waals surface area contributed by atoms with Crippen molar-refractivity contribution in [1.82, 2.24) is 0 Å². The average Bonchev–Trinajstić information content (AvgIpc) is 2.93. The van der Waals surface area contributed by atoms with E-state index in [1.165, 1.54) is 82.7 Å². The van der Waals surface area contributed by atoms with E-state index in [1.54, 1.807) is 17.0 Å². The predicted octanol–water partition coefficient (Wildman–Crippen LogP) is 5.22. The number of pyridine rings is 1. The van der Waals surface area contributed by atoms with Crippen LogP contribution in [0.5, 0.6) is 0 Å². The molecule has 1 aromatic rings. The van der Waals surface area contributed by atoms with Crippen LogP contribution in [0.25, 0.3) is 0 Å². The molecule has 0 N–H and O–H groups in total. The lowest BCUT2D eigenvalue weighted by Gasteiger charge is -2.09. The number of hydrogen-bond donors (Lipinski definition) is 0. The van der Waals surface area contributed by atoms with E-state index in [9.17, 15) is 0 Å². The Hall–Kier alpha value is -0.850. The van der Waals surface area contributed by atoms with Gasteiger partial charge < -0.3 is 0 Å². The van der Waals surface area contributed by atoms with Crippen LogP contribution in [0.2, 0.25) is 0 Å². The summed E-state index contributed by atoms with van der Waals surface area (Å²) in [7, 11) is 0. The number of unbranched alkanes of at least 4 members (excludes halogenated alkanes) is 7. The molecule has 0 saturated heterocycles. The quantitative estimate of drug-likeness (QED) is 0.433. The fourth-order valence-electron chi connectivity index (χ4n) is 3.83. The minimum absolute atomic E-state index is 1.24. The summed E-state index contributed by atoms with van der Waals surface area (Å²) < 4.78 is 2.56. The van der Waals surface area contributed by atoms with E-state index in [0.717, 1.165) is 0 Å². The molecule has 0 amide bonds. The second-order valence-electron chi connectivity index (χ2n) is 6.86. The summed E-state index contributed by atoms with van der Waals surface area (Å²) in [6.07, 6.45) is 15.2. The Morgan fingerprint density at radius 2 is 1.62 bits per heavy atom. The first-order chi connectivity index (χ1) is 10.2. The number of rotatable bonds is 9. The molecule has 1 aliphatic rings. The van der Waals surface area contributed by atoms with Gasteiger partial charge in [-0.2, -0.15) is 4.57 Å². The molecule has 2 heterocycles. The molecule has 0 aromatic carbocycles. The summed E-state index contributed by atoms with van der Waals surface area (Å²) >= 11 is 0. The van der Waals surface area contributed by atoms with Crippen LogP contribution in [0.4, 0.5) is 0 Å². The van der Waals surface area contributed by atoms with Crippen LogP contribution in [0.1, 0.15) is 87.2 Å². The Bertz CT molecular complexity index is 448. The third-order valence-electron chi connectivity index (χ3n) is 5.14. The summed E-state index contributed by atoms with van der Waals surface area (Å²) in [5, 5.41) is 0. The molecule has 1 aliphatic heterocycles. The number of nitrogens with zero attached hydrogens (tertiary/aromatic N) is 1. The monoisotopic (exact) mass is 288 g/mol. The molecule has 0 atom stereocenters. The molecule has 0 spiro atoms. The molecule has 0 radical (unpaired) electrons. The van der Waals surface area contributed by atoms with Gasteiger partial charge in [0.05, 0.1) is 0 Å².